The van der Waals surface area contributed by atoms with Gasteiger partial charge in [-0.2, -0.15) is 19.2 Å². The van der Waals surface area contributed by atoms with E-state index in [1.54, 1.807) is 11.8 Å². The Bertz CT molecular complexity index is 3280. The van der Waals surface area contributed by atoms with Crippen LogP contribution in [0.25, 0.3) is 22.5 Å². The molecule has 8 N–H and O–H groups in total. The molecule has 107 heavy (non-hydrogen) atoms. The number of nitrogens with one attached hydrogen (secondary N) is 3. The van der Waals surface area contributed by atoms with Crippen LogP contribution in [0.15, 0.2) is 48.5 Å². The summed E-state index contributed by atoms with van der Waals surface area (Å²) in [5, 5.41) is 54.8. The first kappa shape index (κ1) is 97.2. The Labute approximate surface area is 635 Å². The molecule has 3 unspecified atom stereocenters. The van der Waals surface area contributed by atoms with Crippen molar-refractivity contribution < 1.29 is 120 Å². The number of carboxylic acids is 4. The molecule has 3 aromatic rings. The van der Waals surface area contributed by atoms with E-state index in [1.165, 1.54) is 6.92 Å². The fourth-order valence-corrected chi connectivity index (χ4v) is 12.1. The zero-order valence-electron chi connectivity index (χ0n) is 61.2. The molecule has 1 aromatic heterocycles. The molecule has 38 heteroatoms. The van der Waals surface area contributed by atoms with Gasteiger partial charge >= 0.3 is 63.6 Å². The molecule has 0 radical (unpaired) electrons. The molecule has 5 rings (SSSR count). The molecule has 4 atom stereocenters. The van der Waals surface area contributed by atoms with Gasteiger partial charge in [-0.25, -0.2) is 9.48 Å². The van der Waals surface area contributed by atoms with Crippen molar-refractivity contribution in [1.82, 2.24) is 50.5 Å². The first-order valence-corrected chi connectivity index (χ1v) is 36.8. The average Bonchev–Trinajstić information content (AvgIpc) is 1.69. The molecule has 2 aliphatic heterocycles. The van der Waals surface area contributed by atoms with E-state index >= 15 is 0 Å². The minimum atomic E-state index is -4.32. The summed E-state index contributed by atoms with van der Waals surface area (Å²) in [4.78, 5) is 161. The average molecular weight is 1590 g/mol. The van der Waals surface area contributed by atoms with Gasteiger partial charge in [0, 0.05) is 122 Å². The molecular formula is C69H109GaN11O25P. The Morgan fingerprint density at radius 3 is 1.65 bits per heavy atom. The van der Waals surface area contributed by atoms with Crippen molar-refractivity contribution >= 4 is 98.7 Å². The molecule has 4 amide bonds. The predicted octanol–water partition coefficient (Wildman–Crippen LogP) is 0.678. The summed E-state index contributed by atoms with van der Waals surface area (Å²) < 4.78 is 45.7. The van der Waals surface area contributed by atoms with Gasteiger partial charge in [0.05, 0.1) is 115 Å². The molecule has 0 aliphatic carbocycles. The molecule has 0 spiro atoms. The van der Waals surface area contributed by atoms with Crippen LogP contribution in [0.3, 0.4) is 0 Å². The van der Waals surface area contributed by atoms with E-state index in [1.807, 2.05) is 65.0 Å². The second-order valence-corrected chi connectivity index (χ2v) is 26.6. The van der Waals surface area contributed by atoms with Crippen LogP contribution in [0, 0.1) is 11.8 Å². The number of aliphatic carboxylic acids is 4. The molecule has 3 heterocycles. The summed E-state index contributed by atoms with van der Waals surface area (Å²) in [6.07, 6.45) is 0.726. The molecule has 36 nitrogen and oxygen atoms in total. The third-order valence-corrected chi connectivity index (χ3v) is 17.8. The molecular weight excluding hydrogens is 1480 g/mol. The van der Waals surface area contributed by atoms with Gasteiger partial charge in [0.15, 0.2) is 0 Å². The summed E-state index contributed by atoms with van der Waals surface area (Å²) in [5.74, 6) is -8.74. The van der Waals surface area contributed by atoms with E-state index in [-0.39, 0.29) is 128 Å². The van der Waals surface area contributed by atoms with Gasteiger partial charge in [-0.3, -0.25) is 52.7 Å². The molecule has 598 valence electrons. The van der Waals surface area contributed by atoms with Gasteiger partial charge in [-0.15, -0.1) is 5.10 Å². The van der Waals surface area contributed by atoms with Crippen molar-refractivity contribution in [2.24, 2.45) is 11.8 Å². The zero-order chi connectivity index (χ0) is 78.7. The van der Waals surface area contributed by atoms with Crippen LogP contribution < -0.4 is 20.9 Å². The number of anilines is 1. The monoisotopic (exact) mass is 1590 g/mol. The molecule has 1 fully saturated rings. The number of likely N-dealkylation sites (N-methyl/N-ethyl adjacent to an activating group) is 2. The van der Waals surface area contributed by atoms with Crippen LogP contribution in [0.4, 0.5) is 5.69 Å². The Kier molecular flexibility index (Phi) is 52.1. The van der Waals surface area contributed by atoms with Crippen LogP contribution in [0.2, 0.25) is 0 Å². The van der Waals surface area contributed by atoms with Crippen molar-refractivity contribution in [3.05, 3.63) is 54.1 Å². The number of ether oxygens (including phenoxy) is 5. The van der Waals surface area contributed by atoms with E-state index in [9.17, 15) is 73.0 Å². The second kappa shape index (κ2) is 57.3. The number of Topliss-reactive ketones (excluding diaryl/α,β-unsaturated/α-hetero) is 1. The van der Waals surface area contributed by atoms with Gasteiger partial charge in [0.1, 0.15) is 17.5 Å². The van der Waals surface area contributed by atoms with Crippen LogP contribution in [0.5, 0.6) is 0 Å². The zero-order valence-corrected chi connectivity index (χ0v) is 62.1. The van der Waals surface area contributed by atoms with Gasteiger partial charge in [0.2, 0.25) is 23.6 Å². The third kappa shape index (κ3) is 42.5. The number of hydrogen-bond acceptors (Lipinski definition) is 26. The first-order chi connectivity index (χ1) is 50.7. The number of carboxylic acid groups (broad SMARTS) is 4. The minimum absolute atomic E-state index is 0. The summed E-state index contributed by atoms with van der Waals surface area (Å²) in [6, 6.07) is 14.2. The predicted molar refractivity (Wildman–Crippen MR) is 388 cm³/mol. The molecule has 2 aromatic carbocycles. The Hall–Kier alpha value is -7.80. The second-order valence-electron chi connectivity index (χ2n) is 24.7. The molecule has 2 aliphatic rings. The van der Waals surface area contributed by atoms with Gasteiger partial charge in [-0.1, -0.05) is 67.9 Å². The molecule has 0 bridgehead atoms. The van der Waals surface area contributed by atoms with Gasteiger partial charge in [0.25, 0.3) is 0 Å². The number of rotatable bonds is 45. The summed E-state index contributed by atoms with van der Waals surface area (Å²) in [6.45, 7) is 16.3. The number of carbonyl (C=O) groups excluding carboxylic acids is 9. The van der Waals surface area contributed by atoms with Crippen LogP contribution in [0.1, 0.15) is 90.5 Å². The number of fused-ring (bicyclic) bond motifs is 5. The standard InChI is InChI=1S/C37H52N10O5.C30H54NO16P.2CO2.Ga.3H/c1-28(48)38-15-13-34(50)46-25-29-9-4-5-10-30(29)37-36(31-11-6-7-12-32(31)46)40-41-47(37)16-8-14-39-33(49)26-44-21-19-42(2)17-18-43(3)20-22-45(24-23-44)27-35(51)52;1-3-5-24(29(36)37)22-48(40,41)47-12-8-23(28(34)35)21-25(32)6-7-26(30(38)39)31-27(33)9-11-43-14-16-45-18-20-46-19-17-44-15-13-42-10-4-2;2*2-1-3;;;;/h4-7,9-12H,8,13-27H2,1-3H3,(H,38,48)(H,39,49)(H,51,52);23-24,26H,3-22H2,1-2H3,(H,31,33)(H,34,35)(H,36,37)(H,38,39)(H,40,41);;;;;;/t;23?,24?,26-;;;;;;/m.1....../s1. The SMILES string of the molecule is CC(=O)NCCC(=O)N1Cc2ccccc2-c2c(nnn2CCCNC(=O)CN2CCN(C)CCN(C)CCN(CC(=O)O)CC2)-c2ccccc21.CCCOCCOCCOCCOCCOCCC(=O)N[C@H](CCC(=O)CC(CCOP(=O)(O)CC(CCC)C(=O)O)C(=O)O)C(=O)O.O=C=O.O=C=O.[GaH3]. The van der Waals surface area contributed by atoms with Crippen LogP contribution in [-0.4, -0.2) is 323 Å². The number of nitrogens with zero attached hydrogens (tertiary/aromatic N) is 8. The third-order valence-electron chi connectivity index (χ3n) is 16.3. The number of para-hydroxylation sites is 1. The fourth-order valence-electron chi connectivity index (χ4n) is 10.7. The number of aromatic nitrogens is 3. The Morgan fingerprint density at radius 2 is 1.11 bits per heavy atom. The maximum atomic E-state index is 13.5. The molecule has 0 saturated carbocycles. The Balaban J connectivity index is 0.000000991. The van der Waals surface area contributed by atoms with E-state index < -0.39 is 80.2 Å². The number of aryl methyl sites for hydroxylation is 1. The Morgan fingerprint density at radius 1 is 0.589 bits per heavy atom. The topological polar surface area (TPSA) is 479 Å². The van der Waals surface area contributed by atoms with Crippen LogP contribution >= 0.6 is 7.60 Å². The van der Waals surface area contributed by atoms with E-state index in [0.717, 1.165) is 60.7 Å². The summed E-state index contributed by atoms with van der Waals surface area (Å²) in [7, 11) is -0.172. The number of benzene rings is 2. The normalized spacial score (nSPS) is 14.7. The summed E-state index contributed by atoms with van der Waals surface area (Å²) >= 11 is 0. The fraction of sp³-hybridized carbons (Fsp3) is 0.638. The van der Waals surface area contributed by atoms with Crippen molar-refractivity contribution in [3.63, 3.8) is 0 Å². The number of amides is 4. The van der Waals surface area contributed by atoms with E-state index in [2.05, 4.69) is 55.1 Å². The van der Waals surface area contributed by atoms with Crippen molar-refractivity contribution in [3.8, 4) is 22.5 Å². The number of hydrogen-bond donors (Lipinski definition) is 8. The van der Waals surface area contributed by atoms with Gasteiger partial charge < -0.3 is 84.2 Å². The number of ketones is 1. The first-order valence-electron chi connectivity index (χ1n) is 35.0. The van der Waals surface area contributed by atoms with Crippen LogP contribution in [-0.2, 0) is 108 Å². The van der Waals surface area contributed by atoms with Crippen molar-refractivity contribution in [2.75, 3.05) is 176 Å². The number of carbonyl (C=O) groups is 9. The maximum absolute atomic E-state index is 13.5. The molecule has 1 saturated heterocycles. The quantitative estimate of drug-likeness (QED) is 0.0219. The van der Waals surface area contributed by atoms with Crippen molar-refractivity contribution in [2.45, 2.75) is 104 Å². The van der Waals surface area contributed by atoms with Crippen molar-refractivity contribution in [1.29, 1.82) is 0 Å². The van der Waals surface area contributed by atoms with Gasteiger partial charge in [-0.05, 0) is 57.8 Å². The summed E-state index contributed by atoms with van der Waals surface area (Å²) in [5.41, 5.74) is 4.95. The van der Waals surface area contributed by atoms with E-state index in [4.69, 9.17) is 47.4 Å². The van der Waals surface area contributed by atoms with E-state index in [0.29, 0.717) is 111 Å².